The predicted octanol–water partition coefficient (Wildman–Crippen LogP) is 1.91. The van der Waals surface area contributed by atoms with Crippen LogP contribution >= 0.6 is 0 Å². The summed E-state index contributed by atoms with van der Waals surface area (Å²) in [5.41, 5.74) is 0.283. The fraction of sp³-hybridized carbons (Fsp3) is 0.938. The van der Waals surface area contributed by atoms with Crippen LogP contribution in [-0.2, 0) is 4.79 Å². The lowest BCUT2D eigenvalue weighted by atomic mass is 9.80. The molecule has 0 radical (unpaired) electrons. The minimum atomic E-state index is 0.0277. The fourth-order valence-electron chi connectivity index (χ4n) is 3.43. The fourth-order valence-corrected chi connectivity index (χ4v) is 3.43. The van der Waals surface area contributed by atoms with Gasteiger partial charge in [0, 0.05) is 6.54 Å². The van der Waals surface area contributed by atoms with Gasteiger partial charge in [-0.05, 0) is 57.7 Å². The van der Waals surface area contributed by atoms with Crippen LogP contribution in [0.2, 0.25) is 0 Å². The Kier molecular flexibility index (Phi) is 4.75. The molecule has 0 aliphatic carbocycles. The van der Waals surface area contributed by atoms with Gasteiger partial charge in [0.25, 0.3) is 0 Å². The standard InChI is InChI=1S/C16H31N3O/c1-12(2)10-14-15(20)19(13(3)17-14)11-16(4)6-8-18(5)9-7-16/h12-14,17H,6-11H2,1-5H3. The Labute approximate surface area is 123 Å². The molecule has 2 rings (SSSR count). The van der Waals surface area contributed by atoms with Gasteiger partial charge in [-0.25, -0.2) is 0 Å². The van der Waals surface area contributed by atoms with Crippen molar-refractivity contribution in [2.45, 2.75) is 59.2 Å². The highest BCUT2D eigenvalue weighted by atomic mass is 16.2. The number of hydrogen-bond acceptors (Lipinski definition) is 3. The molecule has 0 aromatic heterocycles. The van der Waals surface area contributed by atoms with E-state index in [1.807, 2.05) is 0 Å². The molecule has 0 bridgehead atoms. The number of piperidine rings is 1. The highest BCUT2D eigenvalue weighted by Gasteiger charge is 2.41. The van der Waals surface area contributed by atoms with Crippen molar-refractivity contribution in [3.05, 3.63) is 0 Å². The molecular formula is C16H31N3O. The molecule has 2 unspecified atom stereocenters. The maximum absolute atomic E-state index is 12.6. The van der Waals surface area contributed by atoms with Crippen molar-refractivity contribution in [1.82, 2.24) is 15.1 Å². The van der Waals surface area contributed by atoms with Gasteiger partial charge < -0.3 is 9.80 Å². The average molecular weight is 281 g/mol. The number of carbonyl (C=O) groups is 1. The van der Waals surface area contributed by atoms with E-state index < -0.39 is 0 Å². The zero-order valence-corrected chi connectivity index (χ0v) is 13.8. The molecule has 2 aliphatic heterocycles. The molecule has 4 heteroatoms. The molecule has 0 aromatic rings. The Morgan fingerprint density at radius 2 is 1.95 bits per heavy atom. The normalized spacial score (nSPS) is 31.3. The molecule has 2 heterocycles. The lowest BCUT2D eigenvalue weighted by Crippen LogP contribution is -2.47. The predicted molar refractivity (Wildman–Crippen MR) is 82.4 cm³/mol. The average Bonchev–Trinajstić information content (AvgIpc) is 2.60. The van der Waals surface area contributed by atoms with Crippen LogP contribution in [0.3, 0.4) is 0 Å². The van der Waals surface area contributed by atoms with Crippen molar-refractivity contribution in [3.8, 4) is 0 Å². The highest BCUT2D eigenvalue weighted by molar-refractivity contribution is 5.84. The summed E-state index contributed by atoms with van der Waals surface area (Å²) in [4.78, 5) is 17.1. The first-order valence-electron chi connectivity index (χ1n) is 8.06. The zero-order chi connectivity index (χ0) is 14.9. The van der Waals surface area contributed by atoms with E-state index in [1.54, 1.807) is 0 Å². The Morgan fingerprint density at radius 1 is 1.35 bits per heavy atom. The van der Waals surface area contributed by atoms with E-state index in [1.165, 1.54) is 12.8 Å². The number of rotatable bonds is 4. The highest BCUT2D eigenvalue weighted by Crippen LogP contribution is 2.33. The van der Waals surface area contributed by atoms with Gasteiger partial charge in [-0.2, -0.15) is 0 Å². The Balaban J connectivity index is 1.97. The van der Waals surface area contributed by atoms with Crippen LogP contribution in [0.25, 0.3) is 0 Å². The number of nitrogens with zero attached hydrogens (tertiary/aromatic N) is 2. The van der Waals surface area contributed by atoms with Gasteiger partial charge in [-0.1, -0.05) is 20.8 Å². The molecule has 0 aromatic carbocycles. The second-order valence-electron chi connectivity index (χ2n) is 7.60. The summed E-state index contributed by atoms with van der Waals surface area (Å²) in [6.07, 6.45) is 3.51. The van der Waals surface area contributed by atoms with Crippen LogP contribution in [0, 0.1) is 11.3 Å². The van der Waals surface area contributed by atoms with Crippen LogP contribution in [0.4, 0.5) is 0 Å². The smallest absolute Gasteiger partial charge is 0.241 e. The van der Waals surface area contributed by atoms with Crippen LogP contribution in [0.5, 0.6) is 0 Å². The third-order valence-electron chi connectivity index (χ3n) is 4.94. The number of nitrogens with one attached hydrogen (secondary N) is 1. The van der Waals surface area contributed by atoms with E-state index in [-0.39, 0.29) is 17.6 Å². The molecule has 2 fully saturated rings. The summed E-state index contributed by atoms with van der Waals surface area (Å²) in [6.45, 7) is 12.0. The van der Waals surface area contributed by atoms with E-state index in [2.05, 4.69) is 49.9 Å². The maximum Gasteiger partial charge on any atom is 0.241 e. The Morgan fingerprint density at radius 3 is 2.50 bits per heavy atom. The molecule has 116 valence electrons. The van der Waals surface area contributed by atoms with Gasteiger partial charge in [-0.3, -0.25) is 10.1 Å². The van der Waals surface area contributed by atoms with Gasteiger partial charge in [0.05, 0.1) is 12.2 Å². The van der Waals surface area contributed by atoms with Gasteiger partial charge in [0.1, 0.15) is 0 Å². The summed E-state index contributed by atoms with van der Waals surface area (Å²) < 4.78 is 0. The first-order valence-corrected chi connectivity index (χ1v) is 8.06. The topological polar surface area (TPSA) is 35.6 Å². The monoisotopic (exact) mass is 281 g/mol. The number of hydrogen-bond donors (Lipinski definition) is 1. The minimum absolute atomic E-state index is 0.0277. The summed E-state index contributed by atoms with van der Waals surface area (Å²) in [5, 5.41) is 3.47. The lowest BCUT2D eigenvalue weighted by Gasteiger charge is -2.41. The summed E-state index contributed by atoms with van der Waals surface area (Å²) in [6, 6.07) is 0.0277. The van der Waals surface area contributed by atoms with E-state index >= 15 is 0 Å². The van der Waals surface area contributed by atoms with Gasteiger partial charge in [-0.15, -0.1) is 0 Å². The zero-order valence-electron chi connectivity index (χ0n) is 13.8. The van der Waals surface area contributed by atoms with Crippen molar-refractivity contribution >= 4 is 5.91 Å². The van der Waals surface area contributed by atoms with E-state index in [4.69, 9.17) is 0 Å². The van der Waals surface area contributed by atoms with Crippen LogP contribution < -0.4 is 5.32 Å². The second kappa shape index (κ2) is 6.02. The van der Waals surface area contributed by atoms with Crippen LogP contribution in [-0.4, -0.2) is 54.6 Å². The minimum Gasteiger partial charge on any atom is -0.326 e. The van der Waals surface area contributed by atoms with Crippen molar-refractivity contribution in [1.29, 1.82) is 0 Å². The number of amides is 1. The number of likely N-dealkylation sites (tertiary alicyclic amines) is 1. The summed E-state index contributed by atoms with van der Waals surface area (Å²) in [7, 11) is 2.18. The quantitative estimate of drug-likeness (QED) is 0.855. The van der Waals surface area contributed by atoms with Gasteiger partial charge in [0.15, 0.2) is 0 Å². The summed E-state index contributed by atoms with van der Waals surface area (Å²) in [5.74, 6) is 0.869. The van der Waals surface area contributed by atoms with Crippen molar-refractivity contribution < 1.29 is 4.79 Å². The van der Waals surface area contributed by atoms with Crippen LogP contribution in [0.15, 0.2) is 0 Å². The molecular weight excluding hydrogens is 250 g/mol. The molecule has 2 aliphatic rings. The Hall–Kier alpha value is -0.610. The largest absolute Gasteiger partial charge is 0.326 e. The molecule has 1 amide bonds. The third kappa shape index (κ3) is 3.53. The van der Waals surface area contributed by atoms with Crippen LogP contribution in [0.1, 0.15) is 47.0 Å². The van der Waals surface area contributed by atoms with Crippen molar-refractivity contribution in [2.75, 3.05) is 26.7 Å². The molecule has 2 atom stereocenters. The van der Waals surface area contributed by atoms with Crippen molar-refractivity contribution in [2.24, 2.45) is 11.3 Å². The number of carbonyl (C=O) groups excluding carboxylic acids is 1. The second-order valence-corrected chi connectivity index (χ2v) is 7.60. The maximum atomic E-state index is 12.6. The van der Waals surface area contributed by atoms with E-state index in [0.717, 1.165) is 26.1 Å². The first-order chi connectivity index (χ1) is 9.31. The third-order valence-corrected chi connectivity index (χ3v) is 4.94. The SMILES string of the molecule is CC(C)CC1NC(C)N(CC2(C)CCN(C)CC2)C1=O. The molecule has 2 saturated heterocycles. The lowest BCUT2D eigenvalue weighted by molar-refractivity contribution is -0.132. The first kappa shape index (κ1) is 15.8. The van der Waals surface area contributed by atoms with E-state index in [0.29, 0.717) is 11.8 Å². The molecule has 0 saturated carbocycles. The molecule has 0 spiro atoms. The Bertz CT molecular complexity index is 348. The van der Waals surface area contributed by atoms with Gasteiger partial charge >= 0.3 is 0 Å². The molecule has 20 heavy (non-hydrogen) atoms. The van der Waals surface area contributed by atoms with Gasteiger partial charge in [0.2, 0.25) is 5.91 Å². The molecule has 4 nitrogen and oxygen atoms in total. The van der Waals surface area contributed by atoms with E-state index in [9.17, 15) is 4.79 Å². The molecule has 1 N–H and O–H groups in total. The summed E-state index contributed by atoms with van der Waals surface area (Å²) >= 11 is 0. The van der Waals surface area contributed by atoms with Crippen molar-refractivity contribution in [3.63, 3.8) is 0 Å².